The Bertz CT molecular complexity index is 1040. The van der Waals surface area contributed by atoms with Crippen LogP contribution in [0.1, 0.15) is 66.4 Å². The van der Waals surface area contributed by atoms with Crippen LogP contribution in [0.4, 0.5) is 0 Å². The van der Waals surface area contributed by atoms with Gasteiger partial charge >= 0.3 is 17.9 Å². The van der Waals surface area contributed by atoms with Crippen LogP contribution < -0.4 is 0 Å². The van der Waals surface area contributed by atoms with E-state index in [1.807, 2.05) is 49.4 Å². The van der Waals surface area contributed by atoms with Crippen molar-refractivity contribution in [3.8, 4) is 0 Å². The van der Waals surface area contributed by atoms with Crippen LogP contribution in [0.15, 0.2) is 42.5 Å². The molecule has 192 valence electrons. The van der Waals surface area contributed by atoms with E-state index in [0.717, 1.165) is 16.3 Å². The number of carbonyl (C=O) groups is 3. The molecule has 0 aliphatic heterocycles. The van der Waals surface area contributed by atoms with Gasteiger partial charge in [0.15, 0.2) is 6.79 Å². The van der Waals surface area contributed by atoms with E-state index >= 15 is 0 Å². The van der Waals surface area contributed by atoms with Gasteiger partial charge in [0, 0.05) is 0 Å². The normalized spacial score (nSPS) is 15.1. The summed E-state index contributed by atoms with van der Waals surface area (Å²) in [6.45, 7) is 9.88. The summed E-state index contributed by atoms with van der Waals surface area (Å²) in [7, 11) is 0. The lowest BCUT2D eigenvalue weighted by Crippen LogP contribution is -2.44. The van der Waals surface area contributed by atoms with Crippen molar-refractivity contribution < 1.29 is 33.7 Å². The van der Waals surface area contributed by atoms with Crippen LogP contribution in [0, 0.1) is 16.2 Å². The van der Waals surface area contributed by atoms with Gasteiger partial charge in [0.2, 0.25) is 0 Å². The first kappa shape index (κ1) is 28.3. The summed E-state index contributed by atoms with van der Waals surface area (Å²) in [5.41, 5.74) is -2.40. The number of carbonyl (C=O) groups excluding carboxylic acids is 3. The van der Waals surface area contributed by atoms with Crippen LogP contribution in [-0.4, -0.2) is 36.4 Å². The summed E-state index contributed by atoms with van der Waals surface area (Å²) in [5.74, 6) is -1.57. The van der Waals surface area contributed by atoms with Gasteiger partial charge in [0.1, 0.15) is 6.61 Å². The van der Waals surface area contributed by atoms with Gasteiger partial charge in [0.05, 0.1) is 22.9 Å². The van der Waals surface area contributed by atoms with E-state index in [-0.39, 0.29) is 26.1 Å². The van der Waals surface area contributed by atoms with Crippen molar-refractivity contribution in [1.82, 2.24) is 0 Å². The Labute approximate surface area is 207 Å². The second-order valence-corrected chi connectivity index (χ2v) is 10.2. The summed E-state index contributed by atoms with van der Waals surface area (Å²) >= 11 is 0. The van der Waals surface area contributed by atoms with Crippen LogP contribution in [-0.2, 0) is 35.2 Å². The van der Waals surface area contributed by atoms with Gasteiger partial charge in [-0.2, -0.15) is 0 Å². The molecule has 7 nitrogen and oxygen atoms in total. The third kappa shape index (κ3) is 6.82. The lowest BCUT2D eigenvalue weighted by Gasteiger charge is -2.39. The summed E-state index contributed by atoms with van der Waals surface area (Å²) in [6.07, 6.45) is 0.555. The summed E-state index contributed by atoms with van der Waals surface area (Å²) in [4.78, 5) is 38.9. The molecule has 0 aromatic heterocycles. The number of ether oxygens (including phenoxy) is 3. The summed E-state index contributed by atoms with van der Waals surface area (Å²) in [5, 5.41) is 11.3. The Balaban J connectivity index is 2.28. The third-order valence-corrected chi connectivity index (χ3v) is 6.64. The minimum absolute atomic E-state index is 0.0733. The molecular weight excluding hydrogens is 448 g/mol. The topological polar surface area (TPSA) is 99.1 Å². The molecule has 2 unspecified atom stereocenters. The quantitative estimate of drug-likeness (QED) is 0.251. The smallest absolute Gasteiger partial charge is 0.313 e. The molecule has 2 aromatic rings. The molecule has 0 aliphatic rings. The monoisotopic (exact) mass is 486 g/mol. The van der Waals surface area contributed by atoms with Crippen molar-refractivity contribution >= 4 is 28.7 Å². The number of hydrogen-bond donors (Lipinski definition) is 1. The average Bonchev–Trinajstić information content (AvgIpc) is 2.82. The Morgan fingerprint density at radius 2 is 1.40 bits per heavy atom. The predicted octanol–water partition coefficient (Wildman–Crippen LogP) is 5.17. The van der Waals surface area contributed by atoms with Crippen molar-refractivity contribution in [2.24, 2.45) is 16.2 Å². The Hall–Kier alpha value is -2.93. The van der Waals surface area contributed by atoms with Crippen molar-refractivity contribution in [2.75, 3.05) is 13.4 Å². The van der Waals surface area contributed by atoms with Crippen LogP contribution in [0.3, 0.4) is 0 Å². The van der Waals surface area contributed by atoms with Crippen LogP contribution >= 0.6 is 0 Å². The van der Waals surface area contributed by atoms with Crippen molar-refractivity contribution in [1.29, 1.82) is 0 Å². The maximum atomic E-state index is 13.4. The molecular formula is C28H38O7. The van der Waals surface area contributed by atoms with Gasteiger partial charge in [-0.15, -0.1) is 0 Å². The number of benzene rings is 2. The van der Waals surface area contributed by atoms with Crippen LogP contribution in [0.2, 0.25) is 0 Å². The Morgan fingerprint density at radius 3 is 2.03 bits per heavy atom. The third-order valence-electron chi connectivity index (χ3n) is 6.64. The number of rotatable bonds is 12. The fourth-order valence-corrected chi connectivity index (χ4v) is 4.75. The van der Waals surface area contributed by atoms with E-state index in [2.05, 4.69) is 0 Å². The minimum Gasteiger partial charge on any atom is -0.466 e. The molecule has 0 saturated heterocycles. The number of aliphatic hydroxyl groups is 1. The molecule has 0 heterocycles. The standard InChI is InChI=1S/C28H38O7/c1-7-27(5,24(31)34-16-21-14-11-13-20-12-9-10-15-22(20)21)18-28(6,25(32)35-19-29)17-26(3,4)23(30)33-8-2/h9-15,29H,7-8,16-19H2,1-6H3. The fraction of sp³-hybridized carbons (Fsp3) is 0.536. The molecule has 0 amide bonds. The highest BCUT2D eigenvalue weighted by Crippen LogP contribution is 2.46. The molecule has 1 N–H and O–H groups in total. The SMILES string of the molecule is CCOC(=O)C(C)(C)CC(C)(CC(C)(CC)C(=O)OCc1cccc2ccccc12)C(=O)OCO. The summed E-state index contributed by atoms with van der Waals surface area (Å²) in [6, 6.07) is 13.7. The number of fused-ring (bicyclic) bond motifs is 1. The first-order chi connectivity index (χ1) is 16.4. The van der Waals surface area contributed by atoms with E-state index in [9.17, 15) is 19.5 Å². The summed E-state index contributed by atoms with van der Waals surface area (Å²) < 4.78 is 15.9. The second kappa shape index (κ2) is 11.7. The molecule has 2 aromatic carbocycles. The van der Waals surface area contributed by atoms with Gasteiger partial charge in [0.25, 0.3) is 0 Å². The highest BCUT2D eigenvalue weighted by Gasteiger charge is 2.49. The molecule has 0 aliphatic carbocycles. The van der Waals surface area contributed by atoms with Crippen molar-refractivity contribution in [2.45, 2.75) is 67.4 Å². The fourth-order valence-electron chi connectivity index (χ4n) is 4.75. The highest BCUT2D eigenvalue weighted by molar-refractivity contribution is 5.86. The van der Waals surface area contributed by atoms with Crippen LogP contribution in [0.25, 0.3) is 10.8 Å². The van der Waals surface area contributed by atoms with Gasteiger partial charge in [-0.1, -0.05) is 49.4 Å². The number of aliphatic hydroxyl groups excluding tert-OH is 1. The van der Waals surface area contributed by atoms with Crippen molar-refractivity contribution in [3.05, 3.63) is 48.0 Å². The molecule has 2 rings (SSSR count). The van der Waals surface area contributed by atoms with Crippen molar-refractivity contribution in [3.63, 3.8) is 0 Å². The zero-order valence-corrected chi connectivity index (χ0v) is 21.7. The van der Waals surface area contributed by atoms with E-state index < -0.39 is 40.9 Å². The van der Waals surface area contributed by atoms with E-state index in [1.54, 1.807) is 34.6 Å². The molecule has 35 heavy (non-hydrogen) atoms. The minimum atomic E-state index is -1.25. The highest BCUT2D eigenvalue weighted by atomic mass is 16.6. The molecule has 0 radical (unpaired) electrons. The first-order valence-electron chi connectivity index (χ1n) is 12.0. The molecule has 0 spiro atoms. The lowest BCUT2D eigenvalue weighted by molar-refractivity contribution is -0.174. The second-order valence-electron chi connectivity index (χ2n) is 10.2. The van der Waals surface area contributed by atoms with Gasteiger partial charge in [-0.3, -0.25) is 14.4 Å². The molecule has 0 saturated carbocycles. The maximum absolute atomic E-state index is 13.4. The molecule has 0 fully saturated rings. The lowest BCUT2D eigenvalue weighted by atomic mass is 9.65. The van der Waals surface area contributed by atoms with E-state index in [4.69, 9.17) is 14.2 Å². The maximum Gasteiger partial charge on any atom is 0.313 e. The number of hydrogen-bond acceptors (Lipinski definition) is 7. The zero-order chi connectivity index (χ0) is 26.3. The Kier molecular flexibility index (Phi) is 9.44. The molecule has 7 heteroatoms. The van der Waals surface area contributed by atoms with Gasteiger partial charge in [-0.05, 0) is 70.2 Å². The van der Waals surface area contributed by atoms with Gasteiger partial charge in [-0.25, -0.2) is 0 Å². The Morgan fingerprint density at radius 1 is 0.771 bits per heavy atom. The molecule has 0 bridgehead atoms. The largest absolute Gasteiger partial charge is 0.466 e. The first-order valence-corrected chi connectivity index (χ1v) is 12.0. The van der Waals surface area contributed by atoms with E-state index in [1.165, 1.54) is 0 Å². The predicted molar refractivity (Wildman–Crippen MR) is 133 cm³/mol. The average molecular weight is 487 g/mol. The van der Waals surface area contributed by atoms with E-state index in [0.29, 0.717) is 6.42 Å². The molecule has 2 atom stereocenters. The van der Waals surface area contributed by atoms with Gasteiger partial charge < -0.3 is 19.3 Å². The zero-order valence-electron chi connectivity index (χ0n) is 21.7. The number of esters is 3. The van der Waals surface area contributed by atoms with Crippen LogP contribution in [0.5, 0.6) is 0 Å².